The maximum atomic E-state index is 12.9. The second kappa shape index (κ2) is 7.29. The number of ether oxygens (including phenoxy) is 2. The van der Waals surface area contributed by atoms with E-state index in [4.69, 9.17) is 9.47 Å². The molecule has 0 unspecified atom stereocenters. The van der Waals surface area contributed by atoms with Gasteiger partial charge in [0.25, 0.3) is 5.91 Å². The molecule has 1 aromatic carbocycles. The van der Waals surface area contributed by atoms with E-state index in [0.717, 1.165) is 10.1 Å². The molecule has 24 heavy (non-hydrogen) atoms. The van der Waals surface area contributed by atoms with Crippen LogP contribution in [0, 0.1) is 6.92 Å². The number of aromatic nitrogens is 2. The first-order chi connectivity index (χ1) is 11.4. The fraction of sp³-hybridized carbons (Fsp3) is 0.375. The fourth-order valence-electron chi connectivity index (χ4n) is 2.36. The maximum absolute atomic E-state index is 12.9. The van der Waals surface area contributed by atoms with Crippen molar-refractivity contribution in [2.24, 2.45) is 0 Å². The number of rotatable bonds is 6. The minimum atomic E-state index is -2.70. The van der Waals surface area contributed by atoms with Crippen LogP contribution in [0.1, 0.15) is 28.3 Å². The molecule has 0 fully saturated rings. The van der Waals surface area contributed by atoms with Crippen LogP contribution in [0.25, 0.3) is 0 Å². The van der Waals surface area contributed by atoms with Crippen LogP contribution >= 0.6 is 0 Å². The molecule has 0 N–H and O–H groups in total. The Kier molecular flexibility index (Phi) is 5.38. The third-order valence-corrected chi connectivity index (χ3v) is 3.68. The SMILES string of the molecule is COc1cc(C(=O)N(C)Cc2nccn2C(F)F)cc(OC)c1C. The second-order valence-corrected chi connectivity index (χ2v) is 5.20. The molecule has 0 saturated heterocycles. The summed E-state index contributed by atoms with van der Waals surface area (Å²) in [7, 11) is 4.52. The van der Waals surface area contributed by atoms with Crippen LogP contribution in [-0.4, -0.2) is 41.6 Å². The summed E-state index contributed by atoms with van der Waals surface area (Å²) in [5.74, 6) is 0.780. The molecule has 1 aromatic heterocycles. The normalized spacial score (nSPS) is 10.8. The van der Waals surface area contributed by atoms with Crippen LogP contribution < -0.4 is 9.47 Å². The van der Waals surface area contributed by atoms with Gasteiger partial charge in [-0.25, -0.2) is 4.98 Å². The van der Waals surface area contributed by atoms with Crippen molar-refractivity contribution < 1.29 is 23.0 Å². The highest BCUT2D eigenvalue weighted by atomic mass is 19.3. The Morgan fingerprint density at radius 2 is 1.88 bits per heavy atom. The number of alkyl halides is 2. The summed E-state index contributed by atoms with van der Waals surface area (Å²) < 4.78 is 36.9. The Morgan fingerprint density at radius 3 is 2.38 bits per heavy atom. The minimum Gasteiger partial charge on any atom is -0.496 e. The molecule has 0 spiro atoms. The van der Waals surface area contributed by atoms with E-state index in [9.17, 15) is 13.6 Å². The molecule has 130 valence electrons. The molecular formula is C16H19F2N3O3. The fourth-order valence-corrected chi connectivity index (χ4v) is 2.36. The van der Waals surface area contributed by atoms with E-state index in [2.05, 4.69) is 4.98 Å². The van der Waals surface area contributed by atoms with E-state index in [1.165, 1.54) is 38.6 Å². The predicted octanol–water partition coefficient (Wildman–Crippen LogP) is 2.88. The molecule has 0 bridgehead atoms. The number of halogens is 2. The highest BCUT2D eigenvalue weighted by molar-refractivity contribution is 5.95. The smallest absolute Gasteiger partial charge is 0.319 e. The number of amides is 1. The average molecular weight is 339 g/mol. The third kappa shape index (κ3) is 3.47. The van der Waals surface area contributed by atoms with Crippen molar-refractivity contribution in [2.45, 2.75) is 20.0 Å². The van der Waals surface area contributed by atoms with Gasteiger partial charge in [-0.15, -0.1) is 0 Å². The van der Waals surface area contributed by atoms with E-state index in [1.807, 2.05) is 6.92 Å². The highest BCUT2D eigenvalue weighted by Crippen LogP contribution is 2.30. The van der Waals surface area contributed by atoms with Gasteiger partial charge in [0.05, 0.1) is 20.8 Å². The van der Waals surface area contributed by atoms with Gasteiger partial charge in [0.2, 0.25) is 0 Å². The number of nitrogens with zero attached hydrogens (tertiary/aromatic N) is 3. The summed E-state index contributed by atoms with van der Waals surface area (Å²) >= 11 is 0. The van der Waals surface area contributed by atoms with Crippen LogP contribution in [0.4, 0.5) is 8.78 Å². The summed E-state index contributed by atoms with van der Waals surface area (Å²) in [5.41, 5.74) is 1.11. The van der Waals surface area contributed by atoms with Crippen molar-refractivity contribution in [1.29, 1.82) is 0 Å². The zero-order valence-corrected chi connectivity index (χ0v) is 13.9. The van der Waals surface area contributed by atoms with Crippen molar-refractivity contribution in [3.05, 3.63) is 41.5 Å². The van der Waals surface area contributed by atoms with Crippen molar-refractivity contribution >= 4 is 5.91 Å². The average Bonchev–Trinajstić information content (AvgIpc) is 3.02. The Balaban J connectivity index is 2.26. The first kappa shape index (κ1) is 17.7. The van der Waals surface area contributed by atoms with Crippen molar-refractivity contribution in [2.75, 3.05) is 21.3 Å². The van der Waals surface area contributed by atoms with Gasteiger partial charge < -0.3 is 14.4 Å². The largest absolute Gasteiger partial charge is 0.496 e. The molecule has 1 heterocycles. The van der Waals surface area contributed by atoms with Gasteiger partial charge in [0.1, 0.15) is 17.3 Å². The molecule has 0 atom stereocenters. The molecule has 2 aromatic rings. The number of methoxy groups -OCH3 is 2. The summed E-state index contributed by atoms with van der Waals surface area (Å²) in [4.78, 5) is 17.8. The van der Waals surface area contributed by atoms with Gasteiger partial charge in [0.15, 0.2) is 0 Å². The highest BCUT2D eigenvalue weighted by Gasteiger charge is 2.19. The van der Waals surface area contributed by atoms with Crippen molar-refractivity contribution in [3.8, 4) is 11.5 Å². The molecular weight excluding hydrogens is 320 g/mol. The first-order valence-electron chi connectivity index (χ1n) is 7.17. The molecule has 0 aliphatic rings. The van der Waals surface area contributed by atoms with E-state index in [-0.39, 0.29) is 18.3 Å². The predicted molar refractivity (Wildman–Crippen MR) is 83.6 cm³/mol. The Bertz CT molecular complexity index is 706. The topological polar surface area (TPSA) is 56.6 Å². The van der Waals surface area contributed by atoms with E-state index in [0.29, 0.717) is 17.1 Å². The third-order valence-electron chi connectivity index (χ3n) is 3.68. The van der Waals surface area contributed by atoms with Crippen molar-refractivity contribution in [1.82, 2.24) is 14.5 Å². The number of hydrogen-bond acceptors (Lipinski definition) is 4. The maximum Gasteiger partial charge on any atom is 0.319 e. The quantitative estimate of drug-likeness (QED) is 0.812. The molecule has 6 nitrogen and oxygen atoms in total. The Labute approximate surface area is 138 Å². The minimum absolute atomic E-state index is 0.0469. The number of benzene rings is 1. The number of imidazole rings is 1. The summed E-state index contributed by atoms with van der Waals surface area (Å²) in [6, 6.07) is 3.19. The molecule has 8 heteroatoms. The number of carbonyl (C=O) groups excluding carboxylic acids is 1. The molecule has 0 radical (unpaired) electrons. The standard InChI is InChI=1S/C16H19F2N3O3/c1-10-12(23-3)7-11(8-13(10)24-4)15(22)20(2)9-14-19-5-6-21(14)16(17)18/h5-8,16H,9H2,1-4H3. The van der Waals surface area contributed by atoms with E-state index >= 15 is 0 Å². The Hall–Kier alpha value is -2.64. The van der Waals surface area contributed by atoms with Crippen LogP contribution in [0.15, 0.2) is 24.5 Å². The lowest BCUT2D eigenvalue weighted by Crippen LogP contribution is -2.28. The monoisotopic (exact) mass is 339 g/mol. The summed E-state index contributed by atoms with van der Waals surface area (Å²) in [6.45, 7) is -0.936. The Morgan fingerprint density at radius 1 is 1.29 bits per heavy atom. The lowest BCUT2D eigenvalue weighted by Gasteiger charge is -2.19. The van der Waals surface area contributed by atoms with E-state index < -0.39 is 6.55 Å². The van der Waals surface area contributed by atoms with Gasteiger partial charge in [-0.2, -0.15) is 8.78 Å². The summed E-state index contributed by atoms with van der Waals surface area (Å²) in [6.07, 6.45) is 2.45. The summed E-state index contributed by atoms with van der Waals surface area (Å²) in [5, 5.41) is 0. The first-order valence-corrected chi connectivity index (χ1v) is 7.17. The lowest BCUT2D eigenvalue weighted by molar-refractivity contribution is 0.0612. The zero-order valence-electron chi connectivity index (χ0n) is 13.9. The molecule has 2 rings (SSSR count). The van der Waals surface area contributed by atoms with E-state index in [1.54, 1.807) is 12.1 Å². The lowest BCUT2D eigenvalue weighted by atomic mass is 10.1. The van der Waals surface area contributed by atoms with Gasteiger partial charge in [-0.3, -0.25) is 9.36 Å². The van der Waals surface area contributed by atoms with Gasteiger partial charge in [-0.1, -0.05) is 0 Å². The van der Waals surface area contributed by atoms with Crippen LogP contribution in [0.2, 0.25) is 0 Å². The van der Waals surface area contributed by atoms with Crippen LogP contribution in [0.3, 0.4) is 0 Å². The second-order valence-electron chi connectivity index (χ2n) is 5.20. The van der Waals surface area contributed by atoms with Gasteiger partial charge in [-0.05, 0) is 19.1 Å². The number of carbonyl (C=O) groups is 1. The molecule has 0 aliphatic heterocycles. The van der Waals surface area contributed by atoms with Crippen LogP contribution in [0.5, 0.6) is 11.5 Å². The zero-order chi connectivity index (χ0) is 17.9. The molecule has 1 amide bonds. The van der Waals surface area contributed by atoms with Crippen LogP contribution in [-0.2, 0) is 6.54 Å². The van der Waals surface area contributed by atoms with Gasteiger partial charge >= 0.3 is 6.55 Å². The number of hydrogen-bond donors (Lipinski definition) is 0. The molecule has 0 saturated carbocycles. The molecule has 0 aliphatic carbocycles. The van der Waals surface area contributed by atoms with Gasteiger partial charge in [0, 0.05) is 30.6 Å². The van der Waals surface area contributed by atoms with Crippen molar-refractivity contribution in [3.63, 3.8) is 0 Å².